The molecular weight excluding hydrogens is 388 g/mol. The van der Waals surface area contributed by atoms with Gasteiger partial charge in [0.15, 0.2) is 0 Å². The number of hydrogen-bond donors (Lipinski definition) is 1. The molecular formula is C22H20N2O4S. The second-order valence-corrected chi connectivity index (χ2v) is 9.66. The van der Waals surface area contributed by atoms with Crippen molar-refractivity contribution in [2.75, 3.05) is 9.62 Å². The van der Waals surface area contributed by atoms with Crippen LogP contribution in [0, 0.1) is 30.6 Å². The smallest absolute Gasteiger partial charge is 0.261 e. The number of allylic oxidation sites excluding steroid dienone is 2. The highest BCUT2D eigenvalue weighted by molar-refractivity contribution is 7.92. The van der Waals surface area contributed by atoms with Crippen molar-refractivity contribution >= 4 is 33.2 Å². The highest BCUT2D eigenvalue weighted by Gasteiger charge is 2.59. The molecule has 0 radical (unpaired) electrons. The summed E-state index contributed by atoms with van der Waals surface area (Å²) < 4.78 is 27.9. The lowest BCUT2D eigenvalue weighted by atomic mass is 9.85. The maximum atomic E-state index is 12.9. The number of rotatable bonds is 4. The van der Waals surface area contributed by atoms with Crippen molar-refractivity contribution in [3.8, 4) is 0 Å². The van der Waals surface area contributed by atoms with E-state index < -0.39 is 10.0 Å². The Bertz CT molecular complexity index is 1120. The van der Waals surface area contributed by atoms with Gasteiger partial charge in [-0.3, -0.25) is 19.2 Å². The molecule has 4 atom stereocenters. The fourth-order valence-electron chi connectivity index (χ4n) is 4.85. The summed E-state index contributed by atoms with van der Waals surface area (Å²) in [6, 6.07) is 13.0. The van der Waals surface area contributed by atoms with Crippen LogP contribution in [-0.2, 0) is 19.6 Å². The summed E-state index contributed by atoms with van der Waals surface area (Å²) in [5.74, 6) is -0.613. The summed E-state index contributed by atoms with van der Waals surface area (Å²) in [4.78, 5) is 27.1. The number of imide groups is 1. The highest BCUT2D eigenvalue weighted by atomic mass is 32.2. The molecule has 1 saturated carbocycles. The average molecular weight is 408 g/mol. The number of aryl methyl sites for hydroxylation is 1. The monoisotopic (exact) mass is 408 g/mol. The summed E-state index contributed by atoms with van der Waals surface area (Å²) >= 11 is 0. The van der Waals surface area contributed by atoms with Crippen LogP contribution in [0.2, 0.25) is 0 Å². The van der Waals surface area contributed by atoms with Gasteiger partial charge < -0.3 is 0 Å². The van der Waals surface area contributed by atoms with Crippen molar-refractivity contribution in [2.45, 2.75) is 18.2 Å². The van der Waals surface area contributed by atoms with Crippen LogP contribution in [-0.4, -0.2) is 20.2 Å². The third-order valence-corrected chi connectivity index (χ3v) is 7.54. The standard InChI is InChI=1S/C22H20N2O4S/c1-13-3-2-4-16(11-13)23-29(27,28)18-9-7-17(8-10-18)24-21(25)19-14-5-6-15(12-14)20(19)22(24)26/h2-11,14-15,19-20,23H,12H2,1H3/t14-,15?,19-,20+/m0/s1. The third-order valence-electron chi connectivity index (χ3n) is 6.15. The van der Waals surface area contributed by atoms with Crippen LogP contribution in [0.1, 0.15) is 12.0 Å². The minimum atomic E-state index is -3.77. The van der Waals surface area contributed by atoms with Crippen molar-refractivity contribution in [2.24, 2.45) is 23.7 Å². The Labute approximate surface area is 169 Å². The Morgan fingerprint density at radius 1 is 0.931 bits per heavy atom. The van der Waals surface area contributed by atoms with E-state index in [0.717, 1.165) is 12.0 Å². The van der Waals surface area contributed by atoms with Gasteiger partial charge in [0.05, 0.1) is 22.4 Å². The molecule has 29 heavy (non-hydrogen) atoms. The molecule has 2 amide bonds. The number of hydrogen-bond acceptors (Lipinski definition) is 4. The minimum absolute atomic E-state index is 0.0729. The Hall–Kier alpha value is -2.93. The Balaban J connectivity index is 1.39. The molecule has 2 fully saturated rings. The molecule has 1 N–H and O–H groups in total. The van der Waals surface area contributed by atoms with Crippen LogP contribution in [0.5, 0.6) is 0 Å². The molecule has 3 aliphatic rings. The van der Waals surface area contributed by atoms with E-state index in [1.807, 2.05) is 25.1 Å². The molecule has 2 aliphatic carbocycles. The second-order valence-electron chi connectivity index (χ2n) is 7.98. The highest BCUT2D eigenvalue weighted by Crippen LogP contribution is 2.53. The number of nitrogens with one attached hydrogen (secondary N) is 1. The summed E-state index contributed by atoms with van der Waals surface area (Å²) in [6.45, 7) is 1.88. The summed E-state index contributed by atoms with van der Waals surface area (Å²) in [5, 5.41) is 0. The molecule has 2 aromatic rings. The SMILES string of the molecule is Cc1cccc(NS(=O)(=O)c2ccc(N3C(=O)[C@@H]4[C@H](C3=O)C3C=C[C@H]4C3)cc2)c1. The van der Waals surface area contributed by atoms with Gasteiger partial charge in [0.1, 0.15) is 0 Å². The molecule has 2 aromatic carbocycles. The number of carbonyl (C=O) groups excluding carboxylic acids is 2. The summed E-state index contributed by atoms with van der Waals surface area (Å²) in [5.41, 5.74) is 1.85. The largest absolute Gasteiger partial charge is 0.280 e. The quantitative estimate of drug-likeness (QED) is 0.622. The molecule has 148 valence electrons. The molecule has 6 nitrogen and oxygen atoms in total. The van der Waals surface area contributed by atoms with Crippen LogP contribution < -0.4 is 9.62 Å². The lowest BCUT2D eigenvalue weighted by Crippen LogP contribution is -2.32. The van der Waals surface area contributed by atoms with Gasteiger partial charge >= 0.3 is 0 Å². The molecule has 0 spiro atoms. The van der Waals surface area contributed by atoms with E-state index in [2.05, 4.69) is 4.72 Å². The molecule has 1 saturated heterocycles. The molecule has 1 unspecified atom stereocenters. The number of sulfonamides is 1. The van der Waals surface area contributed by atoms with Gasteiger partial charge in [-0.2, -0.15) is 0 Å². The molecule has 2 bridgehead atoms. The first kappa shape index (κ1) is 18.1. The van der Waals surface area contributed by atoms with E-state index in [4.69, 9.17) is 0 Å². The van der Waals surface area contributed by atoms with Crippen LogP contribution >= 0.6 is 0 Å². The third kappa shape index (κ3) is 2.80. The molecule has 5 rings (SSSR count). The van der Waals surface area contributed by atoms with Crippen LogP contribution in [0.25, 0.3) is 0 Å². The van der Waals surface area contributed by atoms with E-state index in [9.17, 15) is 18.0 Å². The number of benzene rings is 2. The van der Waals surface area contributed by atoms with Crippen LogP contribution in [0.4, 0.5) is 11.4 Å². The molecule has 0 aromatic heterocycles. The van der Waals surface area contributed by atoms with E-state index in [0.29, 0.717) is 11.4 Å². The number of carbonyl (C=O) groups is 2. The number of anilines is 2. The second kappa shape index (κ2) is 6.29. The first-order chi connectivity index (χ1) is 13.8. The van der Waals surface area contributed by atoms with Crippen LogP contribution in [0.3, 0.4) is 0 Å². The van der Waals surface area contributed by atoms with E-state index in [-0.39, 0.29) is 40.4 Å². The van der Waals surface area contributed by atoms with Crippen molar-refractivity contribution in [3.63, 3.8) is 0 Å². The van der Waals surface area contributed by atoms with Gasteiger partial charge in [-0.05, 0) is 67.1 Å². The van der Waals surface area contributed by atoms with Gasteiger partial charge in [0, 0.05) is 5.69 Å². The van der Waals surface area contributed by atoms with Crippen molar-refractivity contribution in [3.05, 3.63) is 66.2 Å². The summed E-state index contributed by atoms with van der Waals surface area (Å²) in [6.07, 6.45) is 4.97. The zero-order valence-electron chi connectivity index (χ0n) is 15.8. The van der Waals surface area contributed by atoms with Crippen molar-refractivity contribution in [1.29, 1.82) is 0 Å². The number of nitrogens with zero attached hydrogens (tertiary/aromatic N) is 1. The zero-order chi connectivity index (χ0) is 20.3. The summed E-state index contributed by atoms with van der Waals surface area (Å²) in [7, 11) is -3.77. The van der Waals surface area contributed by atoms with E-state index >= 15 is 0 Å². The fraction of sp³-hybridized carbons (Fsp3) is 0.273. The van der Waals surface area contributed by atoms with Crippen molar-refractivity contribution < 1.29 is 18.0 Å². The maximum Gasteiger partial charge on any atom is 0.261 e. The topological polar surface area (TPSA) is 83.6 Å². The van der Waals surface area contributed by atoms with Gasteiger partial charge in [-0.1, -0.05) is 24.3 Å². The van der Waals surface area contributed by atoms with E-state index in [1.54, 1.807) is 18.2 Å². The number of amides is 2. The molecule has 7 heteroatoms. The predicted octanol–water partition coefficient (Wildman–Crippen LogP) is 3.11. The number of fused-ring (bicyclic) bond motifs is 5. The van der Waals surface area contributed by atoms with Gasteiger partial charge in [0.25, 0.3) is 10.0 Å². The minimum Gasteiger partial charge on any atom is -0.280 e. The first-order valence-corrected chi connectivity index (χ1v) is 11.1. The predicted molar refractivity (Wildman–Crippen MR) is 109 cm³/mol. The lowest BCUT2D eigenvalue weighted by Gasteiger charge is -2.17. The van der Waals surface area contributed by atoms with Gasteiger partial charge in [-0.15, -0.1) is 0 Å². The molecule has 1 heterocycles. The Morgan fingerprint density at radius 3 is 2.14 bits per heavy atom. The maximum absolute atomic E-state index is 12.9. The molecule has 1 aliphatic heterocycles. The van der Waals surface area contributed by atoms with Crippen molar-refractivity contribution in [1.82, 2.24) is 0 Å². The fourth-order valence-corrected chi connectivity index (χ4v) is 5.90. The first-order valence-electron chi connectivity index (χ1n) is 9.61. The normalized spacial score (nSPS) is 27.6. The Kier molecular flexibility index (Phi) is 3.93. The Morgan fingerprint density at radius 2 is 1.55 bits per heavy atom. The van der Waals surface area contributed by atoms with Gasteiger partial charge in [-0.25, -0.2) is 8.42 Å². The lowest BCUT2D eigenvalue weighted by molar-refractivity contribution is -0.123. The average Bonchev–Trinajstić information content (AvgIpc) is 3.35. The zero-order valence-corrected chi connectivity index (χ0v) is 16.6. The van der Waals surface area contributed by atoms with Crippen LogP contribution in [0.15, 0.2) is 65.6 Å². The van der Waals surface area contributed by atoms with Gasteiger partial charge in [0.2, 0.25) is 11.8 Å². The van der Waals surface area contributed by atoms with E-state index in [1.165, 1.54) is 29.2 Å².